The summed E-state index contributed by atoms with van der Waals surface area (Å²) in [6.45, 7) is 6.40. The highest BCUT2D eigenvalue weighted by molar-refractivity contribution is 7.80. The Kier molecular flexibility index (Phi) is 4.27. The Balaban J connectivity index is 2.62. The van der Waals surface area contributed by atoms with E-state index in [2.05, 4.69) is 32.0 Å². The maximum absolute atomic E-state index is 5.08. The second-order valence-corrected chi connectivity index (χ2v) is 4.62. The fourth-order valence-electron chi connectivity index (χ4n) is 1.76. The average molecular weight is 206 g/mol. The number of hydrogen-bond donors (Lipinski definition) is 0. The predicted octanol–water partition coefficient (Wildman–Crippen LogP) is 4.02. The normalized spacial score (nSPS) is 10.2. The summed E-state index contributed by atoms with van der Waals surface area (Å²) in [7, 11) is 0. The third kappa shape index (κ3) is 3.22. The van der Waals surface area contributed by atoms with Crippen LogP contribution in [0.1, 0.15) is 36.5 Å². The molecule has 0 saturated carbocycles. The van der Waals surface area contributed by atoms with Gasteiger partial charge in [0.15, 0.2) is 0 Å². The molecular weight excluding hydrogens is 188 g/mol. The van der Waals surface area contributed by atoms with Crippen molar-refractivity contribution in [2.24, 2.45) is 0 Å². The quantitative estimate of drug-likeness (QED) is 0.671. The van der Waals surface area contributed by atoms with Crippen molar-refractivity contribution in [3.63, 3.8) is 0 Å². The highest BCUT2D eigenvalue weighted by Gasteiger charge is 2.01. The Bertz CT molecular complexity index is 306. The molecule has 1 aromatic carbocycles. The van der Waals surface area contributed by atoms with Gasteiger partial charge in [-0.15, -0.1) is 0 Å². The smallest absolute Gasteiger partial charge is 0.0102 e. The molecule has 0 saturated heterocycles. The van der Waals surface area contributed by atoms with E-state index in [0.717, 1.165) is 17.7 Å². The number of thiocarbonyl (C=S) groups is 1. The number of aryl methyl sites for hydroxylation is 2. The van der Waals surface area contributed by atoms with Gasteiger partial charge in [-0.2, -0.15) is 0 Å². The van der Waals surface area contributed by atoms with Gasteiger partial charge in [0.2, 0.25) is 0 Å². The zero-order valence-electron chi connectivity index (χ0n) is 9.26. The van der Waals surface area contributed by atoms with Gasteiger partial charge in [0.1, 0.15) is 0 Å². The van der Waals surface area contributed by atoms with E-state index in [-0.39, 0.29) is 0 Å². The fourth-order valence-corrected chi connectivity index (χ4v) is 1.90. The van der Waals surface area contributed by atoms with Crippen molar-refractivity contribution in [1.82, 2.24) is 0 Å². The topological polar surface area (TPSA) is 0 Å². The zero-order valence-corrected chi connectivity index (χ0v) is 10.1. The average Bonchev–Trinajstić information content (AvgIpc) is 2.09. The van der Waals surface area contributed by atoms with Gasteiger partial charge in [0.05, 0.1) is 0 Å². The Morgan fingerprint density at radius 2 is 1.79 bits per heavy atom. The van der Waals surface area contributed by atoms with Crippen LogP contribution in [-0.2, 0) is 6.42 Å². The van der Waals surface area contributed by atoms with Gasteiger partial charge in [-0.05, 0) is 61.6 Å². The molecular formula is C13H18S. The molecule has 0 aliphatic rings. The van der Waals surface area contributed by atoms with Crippen LogP contribution >= 0.6 is 12.2 Å². The van der Waals surface area contributed by atoms with Crippen molar-refractivity contribution in [2.45, 2.75) is 40.0 Å². The molecule has 0 nitrogen and oxygen atoms in total. The molecule has 0 unspecified atom stereocenters. The minimum atomic E-state index is 1.07. The van der Waals surface area contributed by atoms with E-state index in [4.69, 9.17) is 12.2 Å². The lowest BCUT2D eigenvalue weighted by molar-refractivity contribution is 0.856. The van der Waals surface area contributed by atoms with Crippen molar-refractivity contribution in [2.75, 3.05) is 0 Å². The van der Waals surface area contributed by atoms with Crippen LogP contribution in [0.5, 0.6) is 0 Å². The molecule has 0 atom stereocenters. The summed E-state index contributed by atoms with van der Waals surface area (Å²) in [5.74, 6) is 0. The maximum atomic E-state index is 5.08. The summed E-state index contributed by atoms with van der Waals surface area (Å²) in [6, 6.07) is 6.50. The first-order chi connectivity index (χ1) is 6.61. The first kappa shape index (κ1) is 11.4. The van der Waals surface area contributed by atoms with Crippen LogP contribution in [-0.4, -0.2) is 4.86 Å². The van der Waals surface area contributed by atoms with Crippen molar-refractivity contribution in [3.8, 4) is 0 Å². The second kappa shape index (κ2) is 5.26. The molecule has 0 bridgehead atoms. The largest absolute Gasteiger partial charge is 0.0900 e. The molecule has 0 aliphatic heterocycles. The van der Waals surface area contributed by atoms with E-state index < -0.39 is 0 Å². The van der Waals surface area contributed by atoms with Crippen molar-refractivity contribution < 1.29 is 0 Å². The number of hydrogen-bond acceptors (Lipinski definition) is 1. The van der Waals surface area contributed by atoms with Crippen LogP contribution < -0.4 is 0 Å². The summed E-state index contributed by atoms with van der Waals surface area (Å²) in [6.07, 6.45) is 3.41. The number of benzene rings is 1. The van der Waals surface area contributed by atoms with Crippen LogP contribution in [0.3, 0.4) is 0 Å². The van der Waals surface area contributed by atoms with E-state index in [9.17, 15) is 0 Å². The molecule has 0 amide bonds. The summed E-state index contributed by atoms with van der Waals surface area (Å²) >= 11 is 5.08. The summed E-state index contributed by atoms with van der Waals surface area (Å²) in [4.78, 5) is 1.12. The minimum Gasteiger partial charge on any atom is -0.0900 e. The second-order valence-electron chi connectivity index (χ2n) is 3.93. The van der Waals surface area contributed by atoms with Crippen LogP contribution in [0.4, 0.5) is 0 Å². The van der Waals surface area contributed by atoms with E-state index in [1.165, 1.54) is 23.1 Å². The lowest BCUT2D eigenvalue weighted by atomic mass is 9.98. The van der Waals surface area contributed by atoms with E-state index in [1.54, 1.807) is 0 Å². The van der Waals surface area contributed by atoms with Gasteiger partial charge < -0.3 is 0 Å². The molecule has 1 aromatic rings. The van der Waals surface area contributed by atoms with Crippen LogP contribution in [0, 0.1) is 13.8 Å². The number of rotatable bonds is 4. The Morgan fingerprint density at radius 3 is 2.29 bits per heavy atom. The highest BCUT2D eigenvalue weighted by atomic mass is 32.1. The summed E-state index contributed by atoms with van der Waals surface area (Å²) < 4.78 is 0. The van der Waals surface area contributed by atoms with Crippen molar-refractivity contribution in [3.05, 3.63) is 34.9 Å². The van der Waals surface area contributed by atoms with E-state index in [0.29, 0.717) is 0 Å². The summed E-state index contributed by atoms with van der Waals surface area (Å²) in [5.41, 5.74) is 4.32. The molecule has 14 heavy (non-hydrogen) atoms. The molecule has 0 N–H and O–H groups in total. The summed E-state index contributed by atoms with van der Waals surface area (Å²) in [5, 5.41) is 0. The maximum Gasteiger partial charge on any atom is -0.0102 e. The first-order valence-corrected chi connectivity index (χ1v) is 5.56. The Morgan fingerprint density at radius 1 is 1.21 bits per heavy atom. The lowest BCUT2D eigenvalue weighted by Crippen LogP contribution is -1.95. The molecule has 0 spiro atoms. The Labute approximate surface area is 92.3 Å². The lowest BCUT2D eigenvalue weighted by Gasteiger charge is -2.08. The molecule has 1 heteroatoms. The van der Waals surface area contributed by atoms with Crippen molar-refractivity contribution in [1.29, 1.82) is 0 Å². The first-order valence-electron chi connectivity index (χ1n) is 5.16. The molecule has 0 aromatic heterocycles. The van der Waals surface area contributed by atoms with E-state index >= 15 is 0 Å². The van der Waals surface area contributed by atoms with E-state index in [1.807, 2.05) is 6.92 Å². The zero-order chi connectivity index (χ0) is 10.6. The van der Waals surface area contributed by atoms with Gasteiger partial charge in [-0.1, -0.05) is 30.4 Å². The molecule has 76 valence electrons. The van der Waals surface area contributed by atoms with Crippen LogP contribution in [0.15, 0.2) is 18.2 Å². The fraction of sp³-hybridized carbons (Fsp3) is 0.462. The van der Waals surface area contributed by atoms with Crippen LogP contribution in [0.25, 0.3) is 0 Å². The predicted molar refractivity (Wildman–Crippen MR) is 67.1 cm³/mol. The van der Waals surface area contributed by atoms with Gasteiger partial charge in [0.25, 0.3) is 0 Å². The molecule has 0 radical (unpaired) electrons. The van der Waals surface area contributed by atoms with Gasteiger partial charge in [-0.25, -0.2) is 0 Å². The SMILES string of the molecule is CC(=S)CCCc1c(C)cccc1C. The van der Waals surface area contributed by atoms with Gasteiger partial charge >= 0.3 is 0 Å². The standard InChI is InChI=1S/C13H18S/c1-10-6-4-7-11(2)13(10)9-5-8-12(3)14/h4,6-7H,5,8-9H2,1-3H3. The highest BCUT2D eigenvalue weighted by Crippen LogP contribution is 2.16. The monoisotopic (exact) mass is 206 g/mol. The molecule has 1 rings (SSSR count). The third-order valence-corrected chi connectivity index (χ3v) is 2.80. The Hall–Kier alpha value is -0.690. The molecule has 0 fully saturated rings. The van der Waals surface area contributed by atoms with Gasteiger partial charge in [-0.3, -0.25) is 0 Å². The van der Waals surface area contributed by atoms with Crippen LogP contribution in [0.2, 0.25) is 0 Å². The third-order valence-electron chi connectivity index (χ3n) is 2.60. The molecule has 0 aliphatic carbocycles. The minimum absolute atomic E-state index is 1.07. The van der Waals surface area contributed by atoms with Crippen molar-refractivity contribution >= 4 is 17.1 Å². The van der Waals surface area contributed by atoms with Gasteiger partial charge in [0, 0.05) is 0 Å². The molecule has 0 heterocycles.